The lowest BCUT2D eigenvalue weighted by molar-refractivity contribution is -0.117. The number of hydrogen-bond donors (Lipinski definition) is 2. The van der Waals surface area contributed by atoms with Gasteiger partial charge in [-0.1, -0.05) is 24.0 Å². The van der Waals surface area contributed by atoms with Crippen LogP contribution in [-0.2, 0) is 11.2 Å². The van der Waals surface area contributed by atoms with E-state index in [0.29, 0.717) is 6.42 Å². The molecule has 0 aliphatic carbocycles. The Morgan fingerprint density at radius 3 is 2.53 bits per heavy atom. The highest BCUT2D eigenvalue weighted by atomic mass is 16.2. The van der Waals surface area contributed by atoms with Crippen LogP contribution in [0.4, 0.5) is 0 Å². The van der Waals surface area contributed by atoms with Crippen LogP contribution < -0.4 is 5.73 Å². The summed E-state index contributed by atoms with van der Waals surface area (Å²) in [6.45, 7) is 0.146. The van der Waals surface area contributed by atoms with E-state index < -0.39 is 5.91 Å². The molecule has 0 radical (unpaired) electrons. The van der Waals surface area contributed by atoms with Crippen LogP contribution in [0.25, 0.3) is 0 Å². The number of hydrogen-bond acceptors (Lipinski definition) is 2. The van der Waals surface area contributed by atoms with Gasteiger partial charge in [-0.3, -0.25) is 4.79 Å². The number of carbonyl (C=O) groups is 1. The fraction of sp³-hybridized carbons (Fsp3) is 0.250. The average molecular weight is 203 g/mol. The Balaban J connectivity index is 2.62. The van der Waals surface area contributed by atoms with Crippen LogP contribution in [0.1, 0.15) is 17.5 Å². The third kappa shape index (κ3) is 4.30. The first kappa shape index (κ1) is 11.3. The molecule has 3 N–H and O–H groups in total. The lowest BCUT2D eigenvalue weighted by atomic mass is 10.1. The summed E-state index contributed by atoms with van der Waals surface area (Å²) in [5, 5.41) is 8.71. The molecule has 0 saturated heterocycles. The van der Waals surface area contributed by atoms with Crippen molar-refractivity contribution in [3.05, 3.63) is 35.4 Å². The highest BCUT2D eigenvalue weighted by molar-refractivity contribution is 5.76. The maximum atomic E-state index is 10.4. The van der Waals surface area contributed by atoms with Crippen molar-refractivity contribution in [2.24, 2.45) is 5.73 Å². The van der Waals surface area contributed by atoms with Gasteiger partial charge in [0.1, 0.15) is 0 Å². The number of rotatable bonds is 3. The predicted octanol–water partition coefficient (Wildman–Crippen LogP) is 0.448. The Morgan fingerprint density at radius 2 is 2.00 bits per heavy atom. The topological polar surface area (TPSA) is 63.3 Å². The second kappa shape index (κ2) is 5.84. The molecule has 1 amide bonds. The first-order valence-electron chi connectivity index (χ1n) is 4.69. The lowest BCUT2D eigenvalue weighted by Gasteiger charge is -1.96. The van der Waals surface area contributed by atoms with Crippen LogP contribution in [0.3, 0.4) is 0 Å². The molecular formula is C12H13NO2. The van der Waals surface area contributed by atoms with Crippen molar-refractivity contribution in [2.75, 3.05) is 6.61 Å². The van der Waals surface area contributed by atoms with E-state index in [4.69, 9.17) is 10.8 Å². The predicted molar refractivity (Wildman–Crippen MR) is 57.9 cm³/mol. The Bertz CT molecular complexity index is 384. The van der Waals surface area contributed by atoms with Crippen molar-refractivity contribution in [1.29, 1.82) is 0 Å². The van der Waals surface area contributed by atoms with Crippen molar-refractivity contribution < 1.29 is 9.90 Å². The van der Waals surface area contributed by atoms with Crippen molar-refractivity contribution in [3.8, 4) is 11.8 Å². The molecule has 0 spiro atoms. The van der Waals surface area contributed by atoms with Gasteiger partial charge in [-0.05, 0) is 24.1 Å². The molecule has 1 rings (SSSR count). The largest absolute Gasteiger partial charge is 0.396 e. The summed E-state index contributed by atoms with van der Waals surface area (Å²) in [7, 11) is 0. The molecule has 0 heterocycles. The molecule has 0 unspecified atom stereocenters. The second-order valence-electron chi connectivity index (χ2n) is 3.12. The van der Waals surface area contributed by atoms with E-state index in [2.05, 4.69) is 11.8 Å². The van der Waals surface area contributed by atoms with Crippen molar-refractivity contribution in [2.45, 2.75) is 12.8 Å². The molecule has 0 atom stereocenters. The number of primary amides is 1. The van der Waals surface area contributed by atoms with Gasteiger partial charge in [0, 0.05) is 12.2 Å². The van der Waals surface area contributed by atoms with E-state index in [1.54, 1.807) is 0 Å². The van der Waals surface area contributed by atoms with Crippen LogP contribution in [-0.4, -0.2) is 17.6 Å². The van der Waals surface area contributed by atoms with Gasteiger partial charge in [-0.15, -0.1) is 0 Å². The highest BCUT2D eigenvalue weighted by Crippen LogP contribution is 2.03. The van der Waals surface area contributed by atoms with E-state index in [1.807, 2.05) is 24.3 Å². The molecular weight excluding hydrogens is 190 g/mol. The average Bonchev–Trinajstić information content (AvgIpc) is 2.20. The lowest BCUT2D eigenvalue weighted by Crippen LogP contribution is -2.08. The summed E-state index contributed by atoms with van der Waals surface area (Å²) in [5.41, 5.74) is 6.86. The van der Waals surface area contributed by atoms with E-state index in [9.17, 15) is 4.79 Å². The van der Waals surface area contributed by atoms with Crippen molar-refractivity contribution in [1.82, 2.24) is 0 Å². The van der Waals surface area contributed by atoms with E-state index in [1.165, 1.54) is 0 Å². The number of nitrogens with two attached hydrogens (primary N) is 1. The quantitative estimate of drug-likeness (QED) is 0.700. The number of amides is 1. The number of aliphatic hydroxyl groups is 1. The van der Waals surface area contributed by atoms with E-state index in [-0.39, 0.29) is 13.0 Å². The molecule has 3 heteroatoms. The first-order chi connectivity index (χ1) is 7.22. The fourth-order valence-corrected chi connectivity index (χ4v) is 1.12. The van der Waals surface area contributed by atoms with Crippen LogP contribution in [0.5, 0.6) is 0 Å². The zero-order valence-electron chi connectivity index (χ0n) is 8.36. The molecule has 0 aliphatic heterocycles. The highest BCUT2D eigenvalue weighted by Gasteiger charge is 1.91. The van der Waals surface area contributed by atoms with Crippen LogP contribution >= 0.6 is 0 Å². The van der Waals surface area contributed by atoms with Crippen LogP contribution in [0.15, 0.2) is 24.3 Å². The molecule has 1 aromatic carbocycles. The van der Waals surface area contributed by atoms with Gasteiger partial charge in [0.15, 0.2) is 0 Å². The smallest absolute Gasteiger partial charge is 0.229 e. The second-order valence-corrected chi connectivity index (χ2v) is 3.12. The molecule has 3 nitrogen and oxygen atoms in total. The monoisotopic (exact) mass is 203 g/mol. The van der Waals surface area contributed by atoms with Gasteiger partial charge in [0.25, 0.3) is 0 Å². The zero-order chi connectivity index (χ0) is 11.1. The van der Waals surface area contributed by atoms with Crippen molar-refractivity contribution in [3.63, 3.8) is 0 Å². The Morgan fingerprint density at radius 1 is 1.33 bits per heavy atom. The van der Waals surface area contributed by atoms with Crippen LogP contribution in [0, 0.1) is 11.8 Å². The standard InChI is InChI=1S/C12H13NO2/c13-12(15)3-1-2-10-4-6-11(7-5-10)8-9-14/h4-7,14H,3,8-9H2,(H2,13,15). The molecule has 0 aromatic heterocycles. The van der Waals surface area contributed by atoms with Gasteiger partial charge < -0.3 is 10.8 Å². The molecule has 0 bridgehead atoms. The maximum Gasteiger partial charge on any atom is 0.229 e. The summed E-state index contributed by atoms with van der Waals surface area (Å²) >= 11 is 0. The van der Waals surface area contributed by atoms with E-state index in [0.717, 1.165) is 11.1 Å². The summed E-state index contributed by atoms with van der Waals surface area (Å²) in [5.74, 6) is 5.09. The van der Waals surface area contributed by atoms with Crippen molar-refractivity contribution >= 4 is 5.91 Å². The summed E-state index contributed by atoms with van der Waals surface area (Å²) in [6.07, 6.45) is 0.730. The van der Waals surface area contributed by atoms with Gasteiger partial charge in [-0.2, -0.15) is 0 Å². The van der Waals surface area contributed by atoms with E-state index >= 15 is 0 Å². The van der Waals surface area contributed by atoms with Gasteiger partial charge in [0.2, 0.25) is 5.91 Å². The Hall–Kier alpha value is -1.79. The molecule has 0 saturated carbocycles. The van der Waals surface area contributed by atoms with Crippen LogP contribution in [0.2, 0.25) is 0 Å². The number of aliphatic hydroxyl groups excluding tert-OH is 1. The van der Waals surface area contributed by atoms with Gasteiger partial charge in [0.05, 0.1) is 6.42 Å². The third-order valence-electron chi connectivity index (χ3n) is 1.85. The zero-order valence-corrected chi connectivity index (χ0v) is 8.36. The SMILES string of the molecule is NC(=O)CC#Cc1ccc(CCO)cc1. The normalized spacial score (nSPS) is 9.13. The van der Waals surface area contributed by atoms with Gasteiger partial charge in [-0.25, -0.2) is 0 Å². The minimum atomic E-state index is -0.417. The first-order valence-corrected chi connectivity index (χ1v) is 4.69. The Kier molecular flexibility index (Phi) is 4.39. The number of benzene rings is 1. The Labute approximate surface area is 88.9 Å². The molecule has 15 heavy (non-hydrogen) atoms. The number of carbonyl (C=O) groups excluding carboxylic acids is 1. The molecule has 0 fully saturated rings. The summed E-state index contributed by atoms with van der Waals surface area (Å²) in [6, 6.07) is 7.53. The maximum absolute atomic E-state index is 10.4. The minimum absolute atomic E-state index is 0.0817. The summed E-state index contributed by atoms with van der Waals surface area (Å²) < 4.78 is 0. The third-order valence-corrected chi connectivity index (χ3v) is 1.85. The van der Waals surface area contributed by atoms with Gasteiger partial charge >= 0.3 is 0 Å². The molecule has 0 aliphatic rings. The molecule has 78 valence electrons. The summed E-state index contributed by atoms with van der Waals surface area (Å²) in [4.78, 5) is 10.4. The molecule has 1 aromatic rings. The minimum Gasteiger partial charge on any atom is -0.396 e. The fourth-order valence-electron chi connectivity index (χ4n) is 1.12.